The number of aryl methyl sites for hydroxylation is 1. The first-order chi connectivity index (χ1) is 6.91. The Morgan fingerprint density at radius 1 is 1.53 bits per heavy atom. The van der Waals surface area contributed by atoms with E-state index < -0.39 is 5.97 Å². The van der Waals surface area contributed by atoms with Crippen molar-refractivity contribution in [3.8, 4) is 0 Å². The monoisotopic (exact) mass is 210 g/mol. The SMILES string of the molecule is Cc1nc(CC(C)C)n(C)c1CC(=O)O. The molecule has 1 N–H and O–H groups in total. The van der Waals surface area contributed by atoms with Gasteiger partial charge in [-0.05, 0) is 12.8 Å². The van der Waals surface area contributed by atoms with E-state index in [9.17, 15) is 4.79 Å². The first-order valence-corrected chi connectivity index (χ1v) is 5.14. The first-order valence-electron chi connectivity index (χ1n) is 5.14. The van der Waals surface area contributed by atoms with Crippen LogP contribution in [0.15, 0.2) is 0 Å². The molecule has 84 valence electrons. The van der Waals surface area contributed by atoms with Gasteiger partial charge in [0, 0.05) is 13.5 Å². The van der Waals surface area contributed by atoms with E-state index in [0.717, 1.165) is 23.6 Å². The molecule has 0 aliphatic carbocycles. The third kappa shape index (κ3) is 2.81. The molecule has 0 radical (unpaired) electrons. The molecule has 0 bridgehead atoms. The molecule has 0 aliphatic rings. The highest BCUT2D eigenvalue weighted by atomic mass is 16.4. The maximum atomic E-state index is 10.7. The van der Waals surface area contributed by atoms with Gasteiger partial charge in [-0.3, -0.25) is 4.79 Å². The van der Waals surface area contributed by atoms with Crippen molar-refractivity contribution in [3.63, 3.8) is 0 Å². The van der Waals surface area contributed by atoms with Crippen molar-refractivity contribution in [1.82, 2.24) is 9.55 Å². The molecule has 0 saturated heterocycles. The summed E-state index contributed by atoms with van der Waals surface area (Å²) in [6, 6.07) is 0. The molecule has 0 fully saturated rings. The number of nitrogens with zero attached hydrogens (tertiary/aromatic N) is 2. The molecule has 4 nitrogen and oxygen atoms in total. The van der Waals surface area contributed by atoms with Gasteiger partial charge in [0.15, 0.2) is 0 Å². The molecule has 0 saturated carbocycles. The summed E-state index contributed by atoms with van der Waals surface area (Å²) in [7, 11) is 1.88. The van der Waals surface area contributed by atoms with E-state index in [0.29, 0.717) is 5.92 Å². The molecule has 1 aromatic heterocycles. The summed E-state index contributed by atoms with van der Waals surface area (Å²) < 4.78 is 1.91. The highest BCUT2D eigenvalue weighted by molar-refractivity contribution is 5.70. The number of carboxylic acids is 1. The Kier molecular flexibility index (Phi) is 3.50. The summed E-state index contributed by atoms with van der Waals surface area (Å²) >= 11 is 0. The van der Waals surface area contributed by atoms with E-state index in [2.05, 4.69) is 18.8 Å². The van der Waals surface area contributed by atoms with Gasteiger partial charge in [0.05, 0.1) is 17.8 Å². The smallest absolute Gasteiger partial charge is 0.309 e. The Labute approximate surface area is 89.9 Å². The van der Waals surface area contributed by atoms with Gasteiger partial charge in [-0.1, -0.05) is 13.8 Å². The average molecular weight is 210 g/mol. The fraction of sp³-hybridized carbons (Fsp3) is 0.636. The lowest BCUT2D eigenvalue weighted by atomic mass is 10.1. The van der Waals surface area contributed by atoms with Gasteiger partial charge in [0.2, 0.25) is 0 Å². The summed E-state index contributed by atoms with van der Waals surface area (Å²) in [6.45, 7) is 6.11. The van der Waals surface area contributed by atoms with E-state index in [1.165, 1.54) is 0 Å². The fourth-order valence-corrected chi connectivity index (χ4v) is 1.67. The number of carbonyl (C=O) groups is 1. The number of hydrogen-bond donors (Lipinski definition) is 1. The van der Waals surface area contributed by atoms with Gasteiger partial charge < -0.3 is 9.67 Å². The molecule has 0 aromatic carbocycles. The van der Waals surface area contributed by atoms with Gasteiger partial charge in [-0.25, -0.2) is 4.98 Å². The maximum absolute atomic E-state index is 10.7. The second-order valence-corrected chi connectivity index (χ2v) is 4.29. The van der Waals surface area contributed by atoms with Crippen LogP contribution >= 0.6 is 0 Å². The lowest BCUT2D eigenvalue weighted by Gasteiger charge is -2.06. The molecular weight excluding hydrogens is 192 g/mol. The zero-order chi connectivity index (χ0) is 11.6. The van der Waals surface area contributed by atoms with Crippen molar-refractivity contribution in [2.45, 2.75) is 33.6 Å². The number of aliphatic carboxylic acids is 1. The van der Waals surface area contributed by atoms with E-state index in [1.54, 1.807) is 0 Å². The van der Waals surface area contributed by atoms with Crippen molar-refractivity contribution < 1.29 is 9.90 Å². The standard InChI is InChI=1S/C11H18N2O2/c1-7(2)5-10-12-8(3)9(13(10)4)6-11(14)15/h7H,5-6H2,1-4H3,(H,14,15). The third-order valence-electron chi connectivity index (χ3n) is 2.42. The number of imidazole rings is 1. The number of aromatic nitrogens is 2. The molecule has 4 heteroatoms. The van der Waals surface area contributed by atoms with Crippen LogP contribution in [0.1, 0.15) is 31.1 Å². The van der Waals surface area contributed by atoms with E-state index in [-0.39, 0.29) is 6.42 Å². The Hall–Kier alpha value is -1.32. The largest absolute Gasteiger partial charge is 0.481 e. The summed E-state index contributed by atoms with van der Waals surface area (Å²) in [5.41, 5.74) is 1.63. The lowest BCUT2D eigenvalue weighted by Crippen LogP contribution is -2.09. The van der Waals surface area contributed by atoms with Gasteiger partial charge >= 0.3 is 5.97 Å². The summed E-state index contributed by atoms with van der Waals surface area (Å²) in [6.07, 6.45) is 0.935. The van der Waals surface area contributed by atoms with Crippen LogP contribution in [0.4, 0.5) is 0 Å². The minimum atomic E-state index is -0.808. The molecule has 1 aromatic rings. The van der Waals surface area contributed by atoms with E-state index in [4.69, 9.17) is 5.11 Å². The topological polar surface area (TPSA) is 55.1 Å². The number of carboxylic acid groups (broad SMARTS) is 1. The Bertz CT molecular complexity index is 367. The van der Waals surface area contributed by atoms with Crippen LogP contribution in [0.2, 0.25) is 0 Å². The molecule has 0 aliphatic heterocycles. The Morgan fingerprint density at radius 2 is 2.13 bits per heavy atom. The van der Waals surface area contributed by atoms with Crippen molar-refractivity contribution in [3.05, 3.63) is 17.2 Å². The molecule has 0 atom stereocenters. The quantitative estimate of drug-likeness (QED) is 0.820. The van der Waals surface area contributed by atoms with Crippen molar-refractivity contribution in [2.75, 3.05) is 0 Å². The average Bonchev–Trinajstić information content (AvgIpc) is 2.31. The van der Waals surface area contributed by atoms with Crippen LogP contribution in [-0.2, 0) is 24.7 Å². The van der Waals surface area contributed by atoms with Gasteiger partial charge in [-0.2, -0.15) is 0 Å². The number of hydrogen-bond acceptors (Lipinski definition) is 2. The molecule has 15 heavy (non-hydrogen) atoms. The van der Waals surface area contributed by atoms with Crippen LogP contribution in [0, 0.1) is 12.8 Å². The van der Waals surface area contributed by atoms with Crippen molar-refractivity contribution in [2.24, 2.45) is 13.0 Å². The van der Waals surface area contributed by atoms with Crippen molar-refractivity contribution in [1.29, 1.82) is 0 Å². The third-order valence-corrected chi connectivity index (χ3v) is 2.42. The molecule has 1 rings (SSSR count). The van der Waals surface area contributed by atoms with Crippen LogP contribution in [0.3, 0.4) is 0 Å². The normalized spacial score (nSPS) is 11.0. The highest BCUT2D eigenvalue weighted by Crippen LogP contribution is 2.13. The Morgan fingerprint density at radius 3 is 2.60 bits per heavy atom. The zero-order valence-corrected chi connectivity index (χ0v) is 9.74. The summed E-state index contributed by atoms with van der Waals surface area (Å²) in [5, 5.41) is 8.77. The minimum absolute atomic E-state index is 0.0490. The van der Waals surface area contributed by atoms with Crippen LogP contribution < -0.4 is 0 Å². The molecule has 0 spiro atoms. The minimum Gasteiger partial charge on any atom is -0.481 e. The van der Waals surface area contributed by atoms with E-state index in [1.807, 2.05) is 18.5 Å². The Balaban J connectivity index is 2.98. The zero-order valence-electron chi connectivity index (χ0n) is 9.74. The molecule has 0 unspecified atom stereocenters. The fourth-order valence-electron chi connectivity index (χ4n) is 1.67. The van der Waals surface area contributed by atoms with Gasteiger partial charge in [-0.15, -0.1) is 0 Å². The predicted molar refractivity (Wildman–Crippen MR) is 57.8 cm³/mol. The second-order valence-electron chi connectivity index (χ2n) is 4.29. The van der Waals surface area contributed by atoms with E-state index >= 15 is 0 Å². The first kappa shape index (κ1) is 11.8. The summed E-state index contributed by atoms with van der Waals surface area (Å²) in [4.78, 5) is 15.1. The maximum Gasteiger partial charge on any atom is 0.309 e. The molecule has 0 amide bonds. The van der Waals surface area contributed by atoms with Crippen LogP contribution in [0.25, 0.3) is 0 Å². The van der Waals surface area contributed by atoms with Crippen LogP contribution in [0.5, 0.6) is 0 Å². The van der Waals surface area contributed by atoms with Gasteiger partial charge in [0.25, 0.3) is 0 Å². The number of rotatable bonds is 4. The molecular formula is C11H18N2O2. The van der Waals surface area contributed by atoms with Crippen LogP contribution in [-0.4, -0.2) is 20.6 Å². The molecule has 1 heterocycles. The lowest BCUT2D eigenvalue weighted by molar-refractivity contribution is -0.136. The summed E-state index contributed by atoms with van der Waals surface area (Å²) in [5.74, 6) is 0.694. The van der Waals surface area contributed by atoms with Gasteiger partial charge in [0.1, 0.15) is 5.82 Å². The van der Waals surface area contributed by atoms with Crippen molar-refractivity contribution >= 4 is 5.97 Å². The highest BCUT2D eigenvalue weighted by Gasteiger charge is 2.14. The predicted octanol–water partition coefficient (Wildman–Crippen LogP) is 1.55. The second kappa shape index (κ2) is 4.47.